The molecule has 86 valence electrons. The Kier molecular flexibility index (Phi) is 4.33. The summed E-state index contributed by atoms with van der Waals surface area (Å²) in [6, 6.07) is 0. The summed E-state index contributed by atoms with van der Waals surface area (Å²) in [5.41, 5.74) is -0.491. The highest BCUT2D eigenvalue weighted by molar-refractivity contribution is 5.74. The number of hydrogen-bond acceptors (Lipinski definition) is 2. The third-order valence-electron chi connectivity index (χ3n) is 3.36. The van der Waals surface area contributed by atoms with Crippen molar-refractivity contribution in [3.8, 4) is 0 Å². The number of piperidine rings is 1. The first-order chi connectivity index (χ1) is 7.08. The lowest BCUT2D eigenvalue weighted by atomic mass is 9.80. The highest BCUT2D eigenvalue weighted by Gasteiger charge is 2.36. The zero-order chi connectivity index (χ0) is 11.3. The molecule has 3 nitrogen and oxygen atoms in total. The standard InChI is InChI=1S/C12H21NO2/c1-3-4-5-8-13-9-6-12(2,7-10-13)11(14)15/h3H,1,4-10H2,2H3,(H,14,15). The van der Waals surface area contributed by atoms with E-state index in [0.29, 0.717) is 0 Å². The highest BCUT2D eigenvalue weighted by atomic mass is 16.4. The van der Waals surface area contributed by atoms with Crippen LogP contribution in [0.2, 0.25) is 0 Å². The SMILES string of the molecule is C=CCCCN1CCC(C)(C(=O)O)CC1. The summed E-state index contributed by atoms with van der Waals surface area (Å²) >= 11 is 0. The Hall–Kier alpha value is -0.830. The second kappa shape index (κ2) is 5.31. The van der Waals surface area contributed by atoms with Gasteiger partial charge < -0.3 is 10.0 Å². The van der Waals surface area contributed by atoms with E-state index >= 15 is 0 Å². The molecule has 1 N–H and O–H groups in total. The molecule has 1 aliphatic heterocycles. The zero-order valence-corrected chi connectivity index (χ0v) is 9.54. The number of aliphatic carboxylic acids is 1. The molecule has 0 unspecified atom stereocenters. The number of carboxylic acids is 1. The Morgan fingerprint density at radius 3 is 2.60 bits per heavy atom. The largest absolute Gasteiger partial charge is 0.481 e. The van der Waals surface area contributed by atoms with Crippen molar-refractivity contribution in [2.45, 2.75) is 32.6 Å². The fourth-order valence-electron chi connectivity index (χ4n) is 1.94. The van der Waals surface area contributed by atoms with Gasteiger partial charge in [-0.25, -0.2) is 0 Å². The Balaban J connectivity index is 2.29. The third kappa shape index (κ3) is 3.34. The number of carbonyl (C=O) groups is 1. The van der Waals surface area contributed by atoms with Crippen LogP contribution in [0.1, 0.15) is 32.6 Å². The van der Waals surface area contributed by atoms with Gasteiger partial charge in [-0.2, -0.15) is 0 Å². The predicted molar refractivity (Wildman–Crippen MR) is 60.8 cm³/mol. The number of unbranched alkanes of at least 4 members (excludes halogenated alkanes) is 1. The van der Waals surface area contributed by atoms with Crippen molar-refractivity contribution in [3.63, 3.8) is 0 Å². The van der Waals surface area contributed by atoms with E-state index in [0.717, 1.165) is 45.3 Å². The molecule has 1 aliphatic rings. The maximum atomic E-state index is 11.0. The molecule has 15 heavy (non-hydrogen) atoms. The molecule has 0 aliphatic carbocycles. The minimum atomic E-state index is -0.645. The van der Waals surface area contributed by atoms with Crippen LogP contribution in [0.25, 0.3) is 0 Å². The Morgan fingerprint density at radius 2 is 2.13 bits per heavy atom. The molecular weight excluding hydrogens is 190 g/mol. The van der Waals surface area contributed by atoms with Crippen molar-refractivity contribution in [1.29, 1.82) is 0 Å². The van der Waals surface area contributed by atoms with E-state index in [1.54, 1.807) is 0 Å². The van der Waals surface area contributed by atoms with Gasteiger partial charge in [0.05, 0.1) is 5.41 Å². The second-order valence-electron chi connectivity index (χ2n) is 4.64. The first-order valence-electron chi connectivity index (χ1n) is 5.65. The lowest BCUT2D eigenvalue weighted by molar-refractivity contribution is -0.150. The van der Waals surface area contributed by atoms with Crippen LogP contribution in [-0.2, 0) is 4.79 Å². The molecule has 1 rings (SSSR count). The van der Waals surface area contributed by atoms with Crippen LogP contribution in [0.5, 0.6) is 0 Å². The summed E-state index contributed by atoms with van der Waals surface area (Å²) in [5.74, 6) is -0.645. The van der Waals surface area contributed by atoms with Gasteiger partial charge in [-0.15, -0.1) is 6.58 Å². The molecule has 1 heterocycles. The van der Waals surface area contributed by atoms with Gasteiger partial charge in [-0.05, 0) is 52.2 Å². The van der Waals surface area contributed by atoms with Crippen molar-refractivity contribution < 1.29 is 9.90 Å². The van der Waals surface area contributed by atoms with E-state index in [9.17, 15) is 4.79 Å². The third-order valence-corrected chi connectivity index (χ3v) is 3.36. The molecule has 1 saturated heterocycles. The minimum absolute atomic E-state index is 0.491. The number of allylic oxidation sites excluding steroid dienone is 1. The fraction of sp³-hybridized carbons (Fsp3) is 0.750. The van der Waals surface area contributed by atoms with Crippen LogP contribution in [-0.4, -0.2) is 35.6 Å². The maximum absolute atomic E-state index is 11.0. The van der Waals surface area contributed by atoms with Crippen molar-refractivity contribution in [1.82, 2.24) is 4.90 Å². The predicted octanol–water partition coefficient (Wildman–Crippen LogP) is 2.14. The normalized spacial score (nSPS) is 21.1. The van der Waals surface area contributed by atoms with Gasteiger partial charge in [0.1, 0.15) is 0 Å². The molecule has 0 saturated carbocycles. The number of likely N-dealkylation sites (tertiary alicyclic amines) is 1. The summed E-state index contributed by atoms with van der Waals surface area (Å²) in [4.78, 5) is 13.4. The zero-order valence-electron chi connectivity index (χ0n) is 9.54. The van der Waals surface area contributed by atoms with Crippen LogP contribution < -0.4 is 0 Å². The molecule has 0 aromatic carbocycles. The van der Waals surface area contributed by atoms with Crippen LogP contribution in [0, 0.1) is 5.41 Å². The van der Waals surface area contributed by atoms with Crippen LogP contribution >= 0.6 is 0 Å². The molecule has 1 fully saturated rings. The molecule has 0 aromatic heterocycles. The monoisotopic (exact) mass is 211 g/mol. The number of rotatable bonds is 5. The average Bonchev–Trinajstić information content (AvgIpc) is 2.21. The van der Waals surface area contributed by atoms with Gasteiger partial charge >= 0.3 is 5.97 Å². The van der Waals surface area contributed by atoms with E-state index in [1.165, 1.54) is 0 Å². The van der Waals surface area contributed by atoms with Crippen LogP contribution in [0.3, 0.4) is 0 Å². The van der Waals surface area contributed by atoms with Gasteiger partial charge in [0, 0.05) is 0 Å². The molecule has 0 radical (unpaired) electrons. The molecule has 3 heteroatoms. The Labute approximate surface area is 91.8 Å². The molecule has 0 aromatic rings. The summed E-state index contributed by atoms with van der Waals surface area (Å²) in [6.45, 7) is 8.46. The molecule has 0 amide bonds. The smallest absolute Gasteiger partial charge is 0.309 e. The topological polar surface area (TPSA) is 40.5 Å². The van der Waals surface area contributed by atoms with Crippen molar-refractivity contribution in [2.75, 3.05) is 19.6 Å². The van der Waals surface area contributed by atoms with Crippen LogP contribution in [0.15, 0.2) is 12.7 Å². The minimum Gasteiger partial charge on any atom is -0.481 e. The quantitative estimate of drug-likeness (QED) is 0.559. The maximum Gasteiger partial charge on any atom is 0.309 e. The van der Waals surface area contributed by atoms with E-state index in [1.807, 2.05) is 13.0 Å². The van der Waals surface area contributed by atoms with E-state index in [4.69, 9.17) is 5.11 Å². The van der Waals surface area contributed by atoms with Crippen molar-refractivity contribution in [2.24, 2.45) is 5.41 Å². The molecule has 0 spiro atoms. The van der Waals surface area contributed by atoms with E-state index in [-0.39, 0.29) is 0 Å². The van der Waals surface area contributed by atoms with Gasteiger partial charge in [-0.1, -0.05) is 6.08 Å². The Morgan fingerprint density at radius 1 is 1.53 bits per heavy atom. The van der Waals surface area contributed by atoms with Crippen molar-refractivity contribution in [3.05, 3.63) is 12.7 Å². The number of nitrogens with zero attached hydrogens (tertiary/aromatic N) is 1. The van der Waals surface area contributed by atoms with Gasteiger partial charge in [-0.3, -0.25) is 4.79 Å². The number of hydrogen-bond donors (Lipinski definition) is 1. The van der Waals surface area contributed by atoms with E-state index < -0.39 is 11.4 Å². The lowest BCUT2D eigenvalue weighted by Crippen LogP contribution is -2.42. The van der Waals surface area contributed by atoms with E-state index in [2.05, 4.69) is 11.5 Å². The Bertz CT molecular complexity index is 230. The molecule has 0 bridgehead atoms. The highest BCUT2D eigenvalue weighted by Crippen LogP contribution is 2.30. The summed E-state index contributed by atoms with van der Waals surface area (Å²) in [6.07, 6.45) is 5.66. The molecule has 0 atom stereocenters. The second-order valence-corrected chi connectivity index (χ2v) is 4.64. The van der Waals surface area contributed by atoms with Crippen molar-refractivity contribution >= 4 is 5.97 Å². The average molecular weight is 211 g/mol. The number of carboxylic acid groups (broad SMARTS) is 1. The van der Waals surface area contributed by atoms with Crippen LogP contribution in [0.4, 0.5) is 0 Å². The van der Waals surface area contributed by atoms with Gasteiger partial charge in [0.25, 0.3) is 0 Å². The lowest BCUT2D eigenvalue weighted by Gasteiger charge is -2.36. The first kappa shape index (κ1) is 12.2. The van der Waals surface area contributed by atoms with Gasteiger partial charge in [0.15, 0.2) is 0 Å². The summed E-state index contributed by atoms with van der Waals surface area (Å²) < 4.78 is 0. The summed E-state index contributed by atoms with van der Waals surface area (Å²) in [7, 11) is 0. The molecular formula is C12H21NO2. The first-order valence-corrected chi connectivity index (χ1v) is 5.65. The van der Waals surface area contributed by atoms with Gasteiger partial charge in [0.2, 0.25) is 0 Å². The summed E-state index contributed by atoms with van der Waals surface area (Å²) in [5, 5.41) is 9.07. The fourth-order valence-corrected chi connectivity index (χ4v) is 1.94.